The molecule has 0 spiro atoms. The lowest BCUT2D eigenvalue weighted by Crippen LogP contribution is -2.50. The highest BCUT2D eigenvalue weighted by Gasteiger charge is 2.50. The Morgan fingerprint density at radius 2 is 2.02 bits per heavy atom. The second-order valence-electron chi connectivity index (χ2n) is 14.0. The number of nitrogens with zero attached hydrogens (tertiary/aromatic N) is 8. The van der Waals surface area contributed by atoms with Crippen LogP contribution in [0.1, 0.15) is 50.5 Å². The number of amides is 1. The summed E-state index contributed by atoms with van der Waals surface area (Å²) in [6.07, 6.45) is 5.85. The molecule has 9 rings (SSSR count). The number of halogens is 4. The largest absolute Gasteiger partial charge is 0.474 e. The van der Waals surface area contributed by atoms with Gasteiger partial charge in [-0.05, 0) is 49.9 Å². The number of hydrogen-bond acceptors (Lipinski definition) is 11. The first-order valence-electron chi connectivity index (χ1n) is 17.1. The van der Waals surface area contributed by atoms with Gasteiger partial charge in [0.05, 0.1) is 26.2 Å². The van der Waals surface area contributed by atoms with E-state index in [-0.39, 0.29) is 90.4 Å². The minimum atomic E-state index is -0.975. The van der Waals surface area contributed by atoms with Gasteiger partial charge in [0, 0.05) is 48.8 Å². The summed E-state index contributed by atoms with van der Waals surface area (Å²) >= 11 is 7.73. The van der Waals surface area contributed by atoms with Crippen LogP contribution in [0.25, 0.3) is 32.1 Å². The topological polar surface area (TPSA) is 148 Å². The summed E-state index contributed by atoms with van der Waals surface area (Å²) in [6.45, 7) is 1.19. The molecule has 52 heavy (non-hydrogen) atoms. The highest BCUT2D eigenvalue weighted by atomic mass is 35.5. The van der Waals surface area contributed by atoms with Gasteiger partial charge < -0.3 is 20.1 Å². The second kappa shape index (κ2) is 12.5. The van der Waals surface area contributed by atoms with E-state index in [2.05, 4.69) is 25.0 Å². The van der Waals surface area contributed by atoms with E-state index in [4.69, 9.17) is 26.8 Å². The molecule has 268 valence electrons. The van der Waals surface area contributed by atoms with E-state index < -0.39 is 23.3 Å². The number of nitriles is 1. The lowest BCUT2D eigenvalue weighted by molar-refractivity contribution is 0.0651. The van der Waals surface area contributed by atoms with Crippen LogP contribution < -0.4 is 15.2 Å². The van der Waals surface area contributed by atoms with Crippen LogP contribution >= 0.6 is 22.9 Å². The fraction of sp³-hybridized carbons (Fsp3) is 0.429. The average molecular weight is 750 g/mol. The van der Waals surface area contributed by atoms with E-state index >= 15 is 4.39 Å². The molecule has 2 unspecified atom stereocenters. The molecule has 2 bridgehead atoms. The Balaban J connectivity index is 1.12. The van der Waals surface area contributed by atoms with Crippen LogP contribution in [0.3, 0.4) is 0 Å². The third kappa shape index (κ3) is 5.23. The quantitative estimate of drug-likeness (QED) is 0.204. The van der Waals surface area contributed by atoms with Crippen molar-refractivity contribution in [3.63, 3.8) is 0 Å². The molecule has 17 heteroatoms. The van der Waals surface area contributed by atoms with Crippen molar-refractivity contribution in [1.29, 1.82) is 5.26 Å². The van der Waals surface area contributed by atoms with Crippen LogP contribution in [0.15, 0.2) is 30.9 Å². The molecule has 1 amide bonds. The number of hydrogen-bond donors (Lipinski definition) is 1. The Labute approximate surface area is 303 Å². The zero-order chi connectivity index (χ0) is 35.9. The SMILES string of the molecule is N#Cc1c(N)sc2c(F)ccc(-c3c(Cl)cc4c(OC5CC6CCC(C5)N6C(=O)n5cncn5)nc(OC[C@@]56CCCN5C[C@H](F)C6)nc4c3F)c12. The predicted octanol–water partition coefficient (Wildman–Crippen LogP) is 6.49. The average Bonchev–Trinajstić information content (AvgIpc) is 3.94. The summed E-state index contributed by atoms with van der Waals surface area (Å²) in [5.74, 6) is -1.40. The van der Waals surface area contributed by atoms with Crippen LogP contribution in [-0.4, -0.2) is 90.2 Å². The van der Waals surface area contributed by atoms with Crippen molar-refractivity contribution in [3.05, 3.63) is 53.1 Å². The van der Waals surface area contributed by atoms with E-state index in [0.717, 1.165) is 43.6 Å². The molecule has 4 aliphatic heterocycles. The van der Waals surface area contributed by atoms with Gasteiger partial charge in [-0.3, -0.25) is 4.90 Å². The molecule has 0 saturated carbocycles. The minimum absolute atomic E-state index is 0.0205. The summed E-state index contributed by atoms with van der Waals surface area (Å²) in [5, 5.41) is 14.3. The fourth-order valence-electron chi connectivity index (χ4n) is 8.83. The maximum atomic E-state index is 17.0. The number of ether oxygens (including phenoxy) is 2. The first-order chi connectivity index (χ1) is 25.1. The number of aromatic nitrogens is 5. The van der Waals surface area contributed by atoms with Crippen LogP contribution in [0, 0.1) is 23.0 Å². The van der Waals surface area contributed by atoms with Gasteiger partial charge in [-0.15, -0.1) is 11.3 Å². The number of carbonyl (C=O) groups excluding carboxylic acids is 1. The van der Waals surface area contributed by atoms with Crippen LogP contribution in [-0.2, 0) is 0 Å². The van der Waals surface area contributed by atoms with E-state index in [1.165, 1.54) is 35.5 Å². The van der Waals surface area contributed by atoms with Gasteiger partial charge in [-0.25, -0.2) is 22.9 Å². The Bertz CT molecular complexity index is 2290. The van der Waals surface area contributed by atoms with E-state index in [0.29, 0.717) is 25.8 Å². The van der Waals surface area contributed by atoms with Crippen LogP contribution in [0.2, 0.25) is 5.02 Å². The van der Waals surface area contributed by atoms with Crippen molar-refractivity contribution in [2.24, 2.45) is 0 Å². The van der Waals surface area contributed by atoms with Gasteiger partial charge >= 0.3 is 12.0 Å². The molecule has 4 aliphatic rings. The summed E-state index contributed by atoms with van der Waals surface area (Å²) in [4.78, 5) is 30.2. The first-order valence-corrected chi connectivity index (χ1v) is 18.3. The number of nitrogens with two attached hydrogens (primary N) is 1. The predicted molar refractivity (Wildman–Crippen MR) is 186 cm³/mol. The zero-order valence-corrected chi connectivity index (χ0v) is 29.1. The van der Waals surface area contributed by atoms with Gasteiger partial charge in [0.25, 0.3) is 0 Å². The Hall–Kier alpha value is -4.72. The fourth-order valence-corrected chi connectivity index (χ4v) is 10.1. The smallest absolute Gasteiger partial charge is 0.346 e. The molecule has 2 N–H and O–H groups in total. The van der Waals surface area contributed by atoms with Crippen LogP contribution in [0.4, 0.5) is 23.0 Å². The van der Waals surface area contributed by atoms with Gasteiger partial charge in [0.15, 0.2) is 5.82 Å². The molecular formula is C35H31ClF3N9O3S. The number of carbonyl (C=O) groups is 1. The van der Waals surface area contributed by atoms with Crippen molar-refractivity contribution in [2.45, 2.75) is 74.8 Å². The highest BCUT2D eigenvalue weighted by Crippen LogP contribution is 2.47. The number of fused-ring (bicyclic) bond motifs is 5. The van der Waals surface area contributed by atoms with E-state index in [9.17, 15) is 18.8 Å². The first kappa shape index (κ1) is 33.1. The van der Waals surface area contributed by atoms with Gasteiger partial charge in [0.1, 0.15) is 53.9 Å². The lowest BCUT2D eigenvalue weighted by Gasteiger charge is -2.38. The Morgan fingerprint density at radius 1 is 1.21 bits per heavy atom. The molecule has 2 aromatic carbocycles. The molecule has 5 aromatic rings. The summed E-state index contributed by atoms with van der Waals surface area (Å²) in [5.41, 5.74) is 5.50. The van der Waals surface area contributed by atoms with Crippen molar-refractivity contribution in [2.75, 3.05) is 25.4 Å². The Morgan fingerprint density at radius 3 is 2.77 bits per heavy atom. The normalized spacial score (nSPS) is 25.6. The summed E-state index contributed by atoms with van der Waals surface area (Å²) < 4.78 is 60.6. The number of anilines is 1. The number of rotatable bonds is 6. The number of thiophene rings is 1. The molecular weight excluding hydrogens is 719 g/mol. The summed E-state index contributed by atoms with van der Waals surface area (Å²) in [6, 6.07) is 5.41. The third-order valence-corrected chi connectivity index (χ3v) is 12.4. The maximum absolute atomic E-state index is 17.0. The van der Waals surface area contributed by atoms with Crippen molar-refractivity contribution >= 4 is 55.0 Å². The molecule has 4 fully saturated rings. The van der Waals surface area contributed by atoms with Crippen molar-refractivity contribution in [3.8, 4) is 29.1 Å². The van der Waals surface area contributed by atoms with E-state index in [1.54, 1.807) is 0 Å². The maximum Gasteiger partial charge on any atom is 0.346 e. The number of piperidine rings is 1. The summed E-state index contributed by atoms with van der Waals surface area (Å²) in [7, 11) is 0. The molecule has 3 aromatic heterocycles. The van der Waals surface area contributed by atoms with Crippen molar-refractivity contribution < 1.29 is 27.4 Å². The molecule has 4 saturated heterocycles. The number of benzene rings is 2. The second-order valence-corrected chi connectivity index (χ2v) is 15.5. The van der Waals surface area contributed by atoms with Crippen molar-refractivity contribution in [1.82, 2.24) is 34.5 Å². The molecule has 0 radical (unpaired) electrons. The van der Waals surface area contributed by atoms with Crippen LogP contribution in [0.5, 0.6) is 11.9 Å². The monoisotopic (exact) mass is 749 g/mol. The number of nitrogen functional groups attached to an aromatic ring is 1. The molecule has 12 nitrogen and oxygen atoms in total. The standard InChI is InChI=1S/C35H31ClF3N9O3S/c36-24-10-22-29(28(39)27(24)21-4-5-25(38)30-26(21)23(12-40)31(41)52-30)44-33(50-14-35-6-1-7-46(35)13-17(37)11-35)45-32(22)51-20-8-18-2-3-19(9-20)48(18)34(49)47-16-42-15-43-47/h4-5,10,15-20H,1-3,6-9,11,13-14,41H2/t17-,18?,19?,20?,35+/m1/s1. The Kier molecular flexibility index (Phi) is 7.94. The number of alkyl halides is 1. The highest BCUT2D eigenvalue weighted by molar-refractivity contribution is 7.23. The molecule has 0 aliphatic carbocycles. The minimum Gasteiger partial charge on any atom is -0.474 e. The van der Waals surface area contributed by atoms with Gasteiger partial charge in [0.2, 0.25) is 5.88 Å². The lowest BCUT2D eigenvalue weighted by atomic mass is 9.95. The third-order valence-electron chi connectivity index (χ3n) is 11.1. The zero-order valence-electron chi connectivity index (χ0n) is 27.6. The van der Waals surface area contributed by atoms with Gasteiger partial charge in [-0.2, -0.15) is 25.0 Å². The molecule has 7 heterocycles. The van der Waals surface area contributed by atoms with Gasteiger partial charge in [-0.1, -0.05) is 17.7 Å². The molecule has 4 atom stereocenters. The van der Waals surface area contributed by atoms with E-state index in [1.807, 2.05) is 11.0 Å².